The molecule has 7 nitrogen and oxygen atoms in total. The number of nitrogens with zero attached hydrogens (tertiary/aromatic N) is 1. The van der Waals surface area contributed by atoms with Crippen molar-refractivity contribution in [2.75, 3.05) is 12.0 Å². The van der Waals surface area contributed by atoms with E-state index in [1.165, 1.54) is 25.3 Å². The molecule has 8 heteroatoms. The standard InChI is InChI=1S/C20H22N2O5S/c1-14-6-3-4-7-15(14)13-21-28(25,26)18-12-16(10-11-17(18)27-2)22-19(23)8-5-9-20(22)24/h3-4,6-7,10-12,21H,5,8-9,13H2,1-2H3. The maximum Gasteiger partial charge on any atom is 0.244 e. The summed E-state index contributed by atoms with van der Waals surface area (Å²) in [5.41, 5.74) is 2.05. The third-order valence-corrected chi connectivity index (χ3v) is 6.11. The normalized spacial score (nSPS) is 15.0. The number of carbonyl (C=O) groups excluding carboxylic acids is 2. The maximum atomic E-state index is 12.9. The molecule has 0 radical (unpaired) electrons. The summed E-state index contributed by atoms with van der Waals surface area (Å²) in [6.07, 6.45) is 1.02. The van der Waals surface area contributed by atoms with Gasteiger partial charge < -0.3 is 4.74 Å². The number of hydrogen-bond donors (Lipinski definition) is 1. The molecule has 0 spiro atoms. The molecule has 1 fully saturated rings. The molecular formula is C20H22N2O5S. The molecule has 2 aromatic carbocycles. The van der Waals surface area contributed by atoms with Gasteiger partial charge in [-0.15, -0.1) is 0 Å². The molecule has 0 bridgehead atoms. The van der Waals surface area contributed by atoms with Crippen LogP contribution in [0.2, 0.25) is 0 Å². The van der Waals surface area contributed by atoms with E-state index in [-0.39, 0.29) is 47.5 Å². The number of sulfonamides is 1. The second-order valence-corrected chi connectivity index (χ2v) is 8.30. The van der Waals surface area contributed by atoms with E-state index in [1.54, 1.807) is 0 Å². The van der Waals surface area contributed by atoms with Gasteiger partial charge in [0.1, 0.15) is 10.6 Å². The van der Waals surface area contributed by atoms with Crippen LogP contribution in [0.1, 0.15) is 30.4 Å². The van der Waals surface area contributed by atoms with E-state index in [1.807, 2.05) is 31.2 Å². The Morgan fingerprint density at radius 3 is 2.39 bits per heavy atom. The average Bonchev–Trinajstić information content (AvgIpc) is 2.67. The Bertz CT molecular complexity index is 1000. The van der Waals surface area contributed by atoms with E-state index >= 15 is 0 Å². The summed E-state index contributed by atoms with van der Waals surface area (Å²) in [7, 11) is -2.57. The molecule has 0 atom stereocenters. The van der Waals surface area contributed by atoms with Gasteiger partial charge in [0.2, 0.25) is 21.8 Å². The van der Waals surface area contributed by atoms with Gasteiger partial charge in [0.05, 0.1) is 12.8 Å². The Morgan fingerprint density at radius 1 is 1.07 bits per heavy atom. The van der Waals surface area contributed by atoms with Crippen LogP contribution >= 0.6 is 0 Å². The number of hydrogen-bond acceptors (Lipinski definition) is 5. The Morgan fingerprint density at radius 2 is 1.75 bits per heavy atom. The van der Waals surface area contributed by atoms with Gasteiger partial charge in [0.15, 0.2) is 0 Å². The monoisotopic (exact) mass is 402 g/mol. The number of aryl methyl sites for hydroxylation is 1. The Hall–Kier alpha value is -2.71. The zero-order valence-electron chi connectivity index (χ0n) is 15.8. The molecular weight excluding hydrogens is 380 g/mol. The quantitative estimate of drug-likeness (QED) is 0.750. The van der Waals surface area contributed by atoms with Gasteiger partial charge in [-0.1, -0.05) is 24.3 Å². The highest BCUT2D eigenvalue weighted by Gasteiger charge is 2.29. The number of piperidine rings is 1. The maximum absolute atomic E-state index is 12.9. The number of methoxy groups -OCH3 is 1. The minimum Gasteiger partial charge on any atom is -0.495 e. The first-order valence-electron chi connectivity index (χ1n) is 8.91. The molecule has 3 rings (SSSR count). The van der Waals surface area contributed by atoms with E-state index in [4.69, 9.17) is 4.74 Å². The first-order valence-corrected chi connectivity index (χ1v) is 10.4. The molecule has 28 heavy (non-hydrogen) atoms. The summed E-state index contributed by atoms with van der Waals surface area (Å²) in [6, 6.07) is 11.7. The zero-order chi connectivity index (χ0) is 20.3. The van der Waals surface area contributed by atoms with Crippen LogP contribution in [0.25, 0.3) is 0 Å². The van der Waals surface area contributed by atoms with Crippen molar-refractivity contribution < 1.29 is 22.7 Å². The molecule has 1 aliphatic heterocycles. The molecule has 0 unspecified atom stereocenters. The van der Waals surface area contributed by atoms with Gasteiger partial charge in [0, 0.05) is 19.4 Å². The van der Waals surface area contributed by atoms with Gasteiger partial charge in [-0.3, -0.25) is 14.5 Å². The van der Waals surface area contributed by atoms with Crippen molar-refractivity contribution in [3.63, 3.8) is 0 Å². The van der Waals surface area contributed by atoms with Crippen LogP contribution in [-0.2, 0) is 26.2 Å². The molecule has 0 aliphatic carbocycles. The second-order valence-electron chi connectivity index (χ2n) is 6.56. The van der Waals surface area contributed by atoms with Crippen LogP contribution in [0.15, 0.2) is 47.4 Å². The van der Waals surface area contributed by atoms with Gasteiger partial charge in [-0.2, -0.15) is 0 Å². The van der Waals surface area contributed by atoms with Crippen LogP contribution in [0, 0.1) is 6.92 Å². The second kappa shape index (κ2) is 8.12. The number of ether oxygens (including phenoxy) is 1. The molecule has 0 saturated carbocycles. The molecule has 148 valence electrons. The largest absolute Gasteiger partial charge is 0.495 e. The van der Waals surface area contributed by atoms with Crippen molar-refractivity contribution in [2.24, 2.45) is 0 Å². The summed E-state index contributed by atoms with van der Waals surface area (Å²) in [6.45, 7) is 2.02. The van der Waals surface area contributed by atoms with Crippen LogP contribution in [0.4, 0.5) is 5.69 Å². The number of anilines is 1. The number of rotatable bonds is 6. The molecule has 1 N–H and O–H groups in total. The fourth-order valence-electron chi connectivity index (χ4n) is 3.11. The Kier molecular flexibility index (Phi) is 5.81. The molecule has 1 saturated heterocycles. The van der Waals surface area contributed by atoms with Crippen LogP contribution < -0.4 is 14.4 Å². The van der Waals surface area contributed by atoms with Gasteiger partial charge in [-0.25, -0.2) is 13.1 Å². The zero-order valence-corrected chi connectivity index (χ0v) is 16.6. The third-order valence-electron chi connectivity index (χ3n) is 4.69. The topological polar surface area (TPSA) is 92.8 Å². The highest BCUT2D eigenvalue weighted by atomic mass is 32.2. The summed E-state index contributed by atoms with van der Waals surface area (Å²) in [5.74, 6) is -0.534. The van der Waals surface area contributed by atoms with Gasteiger partial charge in [0.25, 0.3) is 0 Å². The first-order chi connectivity index (χ1) is 13.3. The molecule has 0 aromatic heterocycles. The highest BCUT2D eigenvalue weighted by molar-refractivity contribution is 7.89. The van der Waals surface area contributed by atoms with Crippen molar-refractivity contribution in [3.8, 4) is 5.75 Å². The predicted octanol–water partition coefficient (Wildman–Crippen LogP) is 2.53. The lowest BCUT2D eigenvalue weighted by Gasteiger charge is -2.25. The van der Waals surface area contributed by atoms with E-state index in [0.717, 1.165) is 16.0 Å². The Balaban J connectivity index is 1.94. The number of nitrogens with one attached hydrogen (secondary N) is 1. The summed E-state index contributed by atoms with van der Waals surface area (Å²) >= 11 is 0. The molecule has 1 aliphatic rings. The van der Waals surface area contributed by atoms with Crippen molar-refractivity contribution in [3.05, 3.63) is 53.6 Å². The summed E-state index contributed by atoms with van der Waals surface area (Å²) < 4.78 is 33.6. The SMILES string of the molecule is COc1ccc(N2C(=O)CCCC2=O)cc1S(=O)(=O)NCc1ccccc1C. The van der Waals surface area contributed by atoms with Crippen molar-refractivity contribution in [1.29, 1.82) is 0 Å². The van der Waals surface area contributed by atoms with E-state index in [2.05, 4.69) is 4.72 Å². The Labute approximate surface area is 164 Å². The van der Waals surface area contributed by atoms with Gasteiger partial charge in [-0.05, 0) is 42.7 Å². The van der Waals surface area contributed by atoms with Gasteiger partial charge >= 0.3 is 0 Å². The van der Waals surface area contributed by atoms with Crippen molar-refractivity contribution in [1.82, 2.24) is 4.72 Å². The van der Waals surface area contributed by atoms with Crippen molar-refractivity contribution in [2.45, 2.75) is 37.6 Å². The van der Waals surface area contributed by atoms with E-state index in [0.29, 0.717) is 6.42 Å². The van der Waals surface area contributed by atoms with E-state index in [9.17, 15) is 18.0 Å². The lowest BCUT2D eigenvalue weighted by molar-refractivity contribution is -0.129. The van der Waals surface area contributed by atoms with Crippen LogP contribution in [0.3, 0.4) is 0 Å². The third kappa shape index (κ3) is 4.07. The molecule has 2 aromatic rings. The minimum absolute atomic E-state index is 0.115. The van der Waals surface area contributed by atoms with Crippen molar-refractivity contribution >= 4 is 27.5 Å². The summed E-state index contributed by atoms with van der Waals surface area (Å²) in [5, 5.41) is 0. The fourth-order valence-corrected chi connectivity index (χ4v) is 4.31. The van der Waals surface area contributed by atoms with Crippen LogP contribution in [0.5, 0.6) is 5.75 Å². The number of carbonyl (C=O) groups is 2. The first kappa shape index (κ1) is 20.0. The number of imide groups is 1. The van der Waals surface area contributed by atoms with E-state index < -0.39 is 10.0 Å². The highest BCUT2D eigenvalue weighted by Crippen LogP contribution is 2.31. The minimum atomic E-state index is -3.94. The average molecular weight is 402 g/mol. The molecule has 2 amide bonds. The number of benzene rings is 2. The summed E-state index contributed by atoms with van der Waals surface area (Å²) in [4.78, 5) is 25.3. The number of amides is 2. The lowest BCUT2D eigenvalue weighted by Crippen LogP contribution is -2.40. The molecule has 1 heterocycles. The fraction of sp³-hybridized carbons (Fsp3) is 0.300. The smallest absolute Gasteiger partial charge is 0.244 e. The predicted molar refractivity (Wildman–Crippen MR) is 105 cm³/mol. The lowest BCUT2D eigenvalue weighted by atomic mass is 10.1. The van der Waals surface area contributed by atoms with Crippen LogP contribution in [-0.4, -0.2) is 27.3 Å².